The van der Waals surface area contributed by atoms with Crippen molar-refractivity contribution >= 4 is 0 Å². The highest BCUT2D eigenvalue weighted by Gasteiger charge is 1.99. The van der Waals surface area contributed by atoms with Crippen molar-refractivity contribution in [3.8, 4) is 5.75 Å². The van der Waals surface area contributed by atoms with Crippen LogP contribution in [-0.2, 0) is 0 Å². The molecule has 0 aliphatic rings. The van der Waals surface area contributed by atoms with Crippen molar-refractivity contribution in [2.75, 3.05) is 13.2 Å². The minimum Gasteiger partial charge on any atom is -0.494 e. The number of rotatable bonds is 9. The first-order valence-corrected chi connectivity index (χ1v) is 7.55. The number of unbranched alkanes of at least 4 members (excludes halogenated alkanes) is 2. The van der Waals surface area contributed by atoms with Crippen LogP contribution in [0.4, 0.5) is 0 Å². The minimum atomic E-state index is 0.586. The van der Waals surface area contributed by atoms with Crippen LogP contribution in [0.2, 0.25) is 0 Å². The molecule has 0 bridgehead atoms. The van der Waals surface area contributed by atoms with Crippen LogP contribution in [-0.4, -0.2) is 19.2 Å². The summed E-state index contributed by atoms with van der Waals surface area (Å²) >= 11 is 0. The molecular formula is C17H29NO. The zero-order chi connectivity index (χ0) is 14.1. The molecule has 0 radical (unpaired) electrons. The molecule has 1 aromatic rings. The molecule has 1 rings (SSSR count). The van der Waals surface area contributed by atoms with Crippen molar-refractivity contribution in [3.63, 3.8) is 0 Å². The van der Waals surface area contributed by atoms with Gasteiger partial charge in [0.15, 0.2) is 0 Å². The third-order valence-electron chi connectivity index (χ3n) is 3.19. The second-order valence-electron chi connectivity index (χ2n) is 5.74. The van der Waals surface area contributed by atoms with Crippen molar-refractivity contribution in [3.05, 3.63) is 29.8 Å². The maximum Gasteiger partial charge on any atom is 0.119 e. The Morgan fingerprint density at radius 3 is 2.21 bits per heavy atom. The Morgan fingerprint density at radius 2 is 1.63 bits per heavy atom. The first-order valence-electron chi connectivity index (χ1n) is 7.55. The Morgan fingerprint density at radius 1 is 0.947 bits per heavy atom. The molecule has 0 aliphatic carbocycles. The third-order valence-corrected chi connectivity index (χ3v) is 3.19. The van der Waals surface area contributed by atoms with Gasteiger partial charge in [-0.05, 0) is 49.4 Å². The van der Waals surface area contributed by atoms with Gasteiger partial charge in [0.1, 0.15) is 5.75 Å². The predicted molar refractivity (Wildman–Crippen MR) is 83.0 cm³/mol. The molecule has 0 spiro atoms. The summed E-state index contributed by atoms with van der Waals surface area (Å²) in [5.74, 6) is 1.58. The molecule has 2 heteroatoms. The van der Waals surface area contributed by atoms with E-state index in [1.165, 1.54) is 18.4 Å². The zero-order valence-electron chi connectivity index (χ0n) is 12.9. The van der Waals surface area contributed by atoms with E-state index in [0.717, 1.165) is 25.3 Å². The predicted octanol–water partition coefficient (Wildman–Crippen LogP) is 4.36. The third kappa shape index (κ3) is 7.22. The molecule has 0 amide bonds. The summed E-state index contributed by atoms with van der Waals surface area (Å²) in [6.45, 7) is 10.7. The van der Waals surface area contributed by atoms with E-state index in [0.29, 0.717) is 12.0 Å². The summed E-state index contributed by atoms with van der Waals surface area (Å²) in [6.07, 6.45) is 3.59. The Balaban J connectivity index is 2.09. The largest absolute Gasteiger partial charge is 0.494 e. The van der Waals surface area contributed by atoms with Gasteiger partial charge >= 0.3 is 0 Å². The maximum absolute atomic E-state index is 5.75. The van der Waals surface area contributed by atoms with Crippen molar-refractivity contribution in [1.82, 2.24) is 5.32 Å². The van der Waals surface area contributed by atoms with Gasteiger partial charge in [0.2, 0.25) is 0 Å². The fraction of sp³-hybridized carbons (Fsp3) is 0.647. The van der Waals surface area contributed by atoms with Crippen molar-refractivity contribution < 1.29 is 4.74 Å². The molecule has 0 saturated carbocycles. The van der Waals surface area contributed by atoms with Crippen LogP contribution in [0.15, 0.2) is 24.3 Å². The van der Waals surface area contributed by atoms with E-state index in [2.05, 4.69) is 57.3 Å². The van der Waals surface area contributed by atoms with E-state index in [1.807, 2.05) is 0 Å². The topological polar surface area (TPSA) is 21.3 Å². The highest BCUT2D eigenvalue weighted by Crippen LogP contribution is 2.18. The van der Waals surface area contributed by atoms with Crippen molar-refractivity contribution in [1.29, 1.82) is 0 Å². The van der Waals surface area contributed by atoms with E-state index >= 15 is 0 Å². The maximum atomic E-state index is 5.75. The average molecular weight is 263 g/mol. The molecule has 0 aromatic heterocycles. The van der Waals surface area contributed by atoms with Gasteiger partial charge in [0.05, 0.1) is 6.61 Å². The summed E-state index contributed by atoms with van der Waals surface area (Å²) in [7, 11) is 0. The van der Waals surface area contributed by atoms with E-state index in [1.54, 1.807) is 0 Å². The normalized spacial score (nSPS) is 11.3. The number of hydrogen-bond donors (Lipinski definition) is 1. The molecule has 0 aliphatic heterocycles. The molecule has 0 saturated heterocycles. The number of ether oxygens (including phenoxy) is 1. The SMILES string of the molecule is CC(C)NCCCCCOc1ccc(C(C)C)cc1. The summed E-state index contributed by atoms with van der Waals surface area (Å²) in [5.41, 5.74) is 1.37. The molecule has 0 atom stereocenters. The summed E-state index contributed by atoms with van der Waals surface area (Å²) < 4.78 is 5.75. The molecule has 1 aromatic carbocycles. The average Bonchev–Trinajstić information content (AvgIpc) is 2.38. The second kappa shape index (κ2) is 8.98. The molecule has 0 fully saturated rings. The van der Waals surface area contributed by atoms with Gasteiger partial charge in [0, 0.05) is 6.04 Å². The molecular weight excluding hydrogens is 234 g/mol. The quantitative estimate of drug-likeness (QED) is 0.668. The zero-order valence-corrected chi connectivity index (χ0v) is 12.9. The Bertz CT molecular complexity index is 330. The first-order chi connectivity index (χ1) is 9.09. The van der Waals surface area contributed by atoms with Crippen LogP contribution in [0.1, 0.15) is 58.4 Å². The van der Waals surface area contributed by atoms with Crippen LogP contribution < -0.4 is 10.1 Å². The van der Waals surface area contributed by atoms with Gasteiger partial charge in [-0.2, -0.15) is 0 Å². The minimum absolute atomic E-state index is 0.586. The molecule has 0 unspecified atom stereocenters. The Labute approximate surface area is 118 Å². The first kappa shape index (κ1) is 16.0. The summed E-state index contributed by atoms with van der Waals surface area (Å²) in [4.78, 5) is 0. The van der Waals surface area contributed by atoms with Gasteiger partial charge < -0.3 is 10.1 Å². The standard InChI is InChI=1S/C17H29NO/c1-14(2)16-8-10-17(11-9-16)19-13-7-5-6-12-18-15(3)4/h8-11,14-15,18H,5-7,12-13H2,1-4H3. The summed E-state index contributed by atoms with van der Waals surface area (Å²) in [6, 6.07) is 9.07. The van der Waals surface area contributed by atoms with Crippen LogP contribution in [0.3, 0.4) is 0 Å². The van der Waals surface area contributed by atoms with Gasteiger partial charge in [-0.1, -0.05) is 39.8 Å². The lowest BCUT2D eigenvalue weighted by Crippen LogP contribution is -2.23. The number of hydrogen-bond acceptors (Lipinski definition) is 2. The highest BCUT2D eigenvalue weighted by atomic mass is 16.5. The lowest BCUT2D eigenvalue weighted by Gasteiger charge is -2.09. The van der Waals surface area contributed by atoms with Crippen LogP contribution in [0.25, 0.3) is 0 Å². The molecule has 108 valence electrons. The van der Waals surface area contributed by atoms with Crippen molar-refractivity contribution in [2.24, 2.45) is 0 Å². The lowest BCUT2D eigenvalue weighted by molar-refractivity contribution is 0.304. The molecule has 1 N–H and O–H groups in total. The lowest BCUT2D eigenvalue weighted by atomic mass is 10.0. The van der Waals surface area contributed by atoms with Crippen LogP contribution in [0, 0.1) is 0 Å². The Hall–Kier alpha value is -1.02. The van der Waals surface area contributed by atoms with E-state index in [9.17, 15) is 0 Å². The molecule has 19 heavy (non-hydrogen) atoms. The summed E-state index contributed by atoms with van der Waals surface area (Å²) in [5, 5.41) is 3.43. The second-order valence-corrected chi connectivity index (χ2v) is 5.74. The van der Waals surface area contributed by atoms with E-state index in [-0.39, 0.29) is 0 Å². The number of benzene rings is 1. The molecule has 2 nitrogen and oxygen atoms in total. The van der Waals surface area contributed by atoms with Crippen LogP contribution >= 0.6 is 0 Å². The van der Waals surface area contributed by atoms with Gasteiger partial charge in [-0.3, -0.25) is 0 Å². The smallest absolute Gasteiger partial charge is 0.119 e. The highest BCUT2D eigenvalue weighted by molar-refractivity contribution is 5.28. The number of nitrogens with one attached hydrogen (secondary N) is 1. The van der Waals surface area contributed by atoms with Crippen LogP contribution in [0.5, 0.6) is 5.75 Å². The molecule has 0 heterocycles. The van der Waals surface area contributed by atoms with E-state index in [4.69, 9.17) is 4.74 Å². The van der Waals surface area contributed by atoms with Gasteiger partial charge in [0.25, 0.3) is 0 Å². The Kier molecular flexibility index (Phi) is 7.57. The monoisotopic (exact) mass is 263 g/mol. The fourth-order valence-corrected chi connectivity index (χ4v) is 1.93. The van der Waals surface area contributed by atoms with Gasteiger partial charge in [-0.15, -0.1) is 0 Å². The fourth-order valence-electron chi connectivity index (χ4n) is 1.93. The van der Waals surface area contributed by atoms with Gasteiger partial charge in [-0.25, -0.2) is 0 Å². The van der Waals surface area contributed by atoms with Crippen molar-refractivity contribution in [2.45, 2.75) is 58.9 Å². The van der Waals surface area contributed by atoms with E-state index < -0.39 is 0 Å².